The van der Waals surface area contributed by atoms with Crippen LogP contribution in [0.2, 0.25) is 5.02 Å². The molecule has 21 heavy (non-hydrogen) atoms. The van der Waals surface area contributed by atoms with Gasteiger partial charge in [0.05, 0.1) is 4.92 Å². The molecular formula is C14H10ClFN2O3. The molecule has 5 nitrogen and oxygen atoms in total. The summed E-state index contributed by atoms with van der Waals surface area (Å²) in [4.78, 5) is 22.1. The molecule has 0 aliphatic rings. The van der Waals surface area contributed by atoms with Gasteiger partial charge in [0, 0.05) is 22.9 Å². The Balaban J connectivity index is 2.27. The van der Waals surface area contributed by atoms with E-state index in [1.807, 2.05) is 0 Å². The number of amides is 1. The van der Waals surface area contributed by atoms with Crippen LogP contribution < -0.4 is 5.32 Å². The van der Waals surface area contributed by atoms with Crippen LogP contribution in [0.15, 0.2) is 36.4 Å². The number of nitro benzene ring substituents is 1. The van der Waals surface area contributed by atoms with E-state index < -0.39 is 16.6 Å². The standard InChI is InChI=1S/C14H10ClFN2O3/c1-8-11(16)3-2-4-12(8)17-14(19)9-5-6-13(18(20)21)10(15)7-9/h2-7H,1H3,(H,17,19). The van der Waals surface area contributed by atoms with Crippen LogP contribution >= 0.6 is 11.6 Å². The Hall–Kier alpha value is -2.47. The Morgan fingerprint density at radius 1 is 1.33 bits per heavy atom. The van der Waals surface area contributed by atoms with E-state index in [4.69, 9.17) is 11.6 Å². The number of carbonyl (C=O) groups excluding carboxylic acids is 1. The number of halogens is 2. The third kappa shape index (κ3) is 3.17. The van der Waals surface area contributed by atoms with E-state index in [0.717, 1.165) is 6.07 Å². The maximum Gasteiger partial charge on any atom is 0.287 e. The third-order valence-electron chi connectivity index (χ3n) is 2.92. The van der Waals surface area contributed by atoms with Gasteiger partial charge in [-0.3, -0.25) is 14.9 Å². The van der Waals surface area contributed by atoms with Crippen LogP contribution in [0, 0.1) is 22.9 Å². The summed E-state index contributed by atoms with van der Waals surface area (Å²) in [6.07, 6.45) is 0. The van der Waals surface area contributed by atoms with Gasteiger partial charge < -0.3 is 5.32 Å². The molecule has 108 valence electrons. The number of hydrogen-bond acceptors (Lipinski definition) is 3. The highest BCUT2D eigenvalue weighted by Crippen LogP contribution is 2.26. The van der Waals surface area contributed by atoms with Gasteiger partial charge >= 0.3 is 0 Å². The molecule has 0 spiro atoms. The molecule has 1 amide bonds. The van der Waals surface area contributed by atoms with Crippen molar-refractivity contribution >= 4 is 28.9 Å². The SMILES string of the molecule is Cc1c(F)cccc1NC(=O)c1ccc([N+](=O)[O-])c(Cl)c1. The van der Waals surface area contributed by atoms with E-state index >= 15 is 0 Å². The normalized spacial score (nSPS) is 10.2. The second kappa shape index (κ2) is 5.88. The Morgan fingerprint density at radius 2 is 2.05 bits per heavy atom. The molecule has 7 heteroatoms. The minimum atomic E-state index is -0.638. The fraction of sp³-hybridized carbons (Fsp3) is 0.0714. The fourth-order valence-corrected chi connectivity index (χ4v) is 1.98. The van der Waals surface area contributed by atoms with Crippen molar-refractivity contribution in [2.24, 2.45) is 0 Å². The molecule has 0 atom stereocenters. The van der Waals surface area contributed by atoms with E-state index in [2.05, 4.69) is 5.32 Å². The molecule has 0 aliphatic carbocycles. The lowest BCUT2D eigenvalue weighted by Gasteiger charge is -2.09. The lowest BCUT2D eigenvalue weighted by atomic mass is 10.1. The molecule has 0 saturated heterocycles. The maximum atomic E-state index is 13.4. The predicted octanol–water partition coefficient (Wildman–Crippen LogP) is 3.95. The first-order valence-corrected chi connectivity index (χ1v) is 6.28. The number of nitrogens with one attached hydrogen (secondary N) is 1. The quantitative estimate of drug-likeness (QED) is 0.689. The van der Waals surface area contributed by atoms with Gasteiger partial charge in [0.2, 0.25) is 0 Å². The van der Waals surface area contributed by atoms with E-state index in [9.17, 15) is 19.3 Å². The number of benzene rings is 2. The largest absolute Gasteiger partial charge is 0.322 e. The van der Waals surface area contributed by atoms with Crippen LogP contribution in [0.5, 0.6) is 0 Å². The summed E-state index contributed by atoms with van der Waals surface area (Å²) in [5, 5.41) is 13.1. The first-order valence-electron chi connectivity index (χ1n) is 5.90. The summed E-state index contributed by atoms with van der Waals surface area (Å²) in [7, 11) is 0. The Morgan fingerprint density at radius 3 is 2.67 bits per heavy atom. The number of hydrogen-bond donors (Lipinski definition) is 1. The smallest absolute Gasteiger partial charge is 0.287 e. The zero-order chi connectivity index (χ0) is 15.6. The average molecular weight is 309 g/mol. The molecule has 0 radical (unpaired) electrons. The molecule has 0 saturated carbocycles. The highest BCUT2D eigenvalue weighted by Gasteiger charge is 2.16. The second-order valence-electron chi connectivity index (χ2n) is 4.29. The van der Waals surface area contributed by atoms with Crippen molar-refractivity contribution in [3.05, 3.63) is 68.5 Å². The molecule has 2 rings (SSSR count). The highest BCUT2D eigenvalue weighted by molar-refractivity contribution is 6.33. The van der Waals surface area contributed by atoms with Gasteiger partial charge in [0.15, 0.2) is 0 Å². The van der Waals surface area contributed by atoms with Crippen molar-refractivity contribution in [3.8, 4) is 0 Å². The summed E-state index contributed by atoms with van der Waals surface area (Å²) in [5.74, 6) is -0.963. The predicted molar refractivity (Wildman–Crippen MR) is 77.2 cm³/mol. The van der Waals surface area contributed by atoms with Crippen LogP contribution in [0.4, 0.5) is 15.8 Å². The molecule has 0 aliphatic heterocycles. The van der Waals surface area contributed by atoms with Gasteiger partial charge in [-0.1, -0.05) is 17.7 Å². The molecule has 0 aromatic heterocycles. The van der Waals surface area contributed by atoms with Crippen LogP contribution in [-0.4, -0.2) is 10.8 Å². The molecular weight excluding hydrogens is 299 g/mol. The minimum Gasteiger partial charge on any atom is -0.322 e. The lowest BCUT2D eigenvalue weighted by molar-refractivity contribution is -0.384. The second-order valence-corrected chi connectivity index (χ2v) is 4.70. The van der Waals surface area contributed by atoms with Gasteiger partial charge in [-0.25, -0.2) is 4.39 Å². The highest BCUT2D eigenvalue weighted by atomic mass is 35.5. The molecule has 0 heterocycles. The van der Waals surface area contributed by atoms with Gasteiger partial charge in [-0.15, -0.1) is 0 Å². The van der Waals surface area contributed by atoms with Crippen molar-refractivity contribution in [1.29, 1.82) is 0 Å². The Labute approximate surface area is 124 Å². The van der Waals surface area contributed by atoms with Crippen LogP contribution in [0.25, 0.3) is 0 Å². The van der Waals surface area contributed by atoms with Crippen molar-refractivity contribution < 1.29 is 14.1 Å². The lowest BCUT2D eigenvalue weighted by Crippen LogP contribution is -2.13. The van der Waals surface area contributed by atoms with Gasteiger partial charge in [0.25, 0.3) is 11.6 Å². The number of nitrogens with zero attached hydrogens (tertiary/aromatic N) is 1. The van der Waals surface area contributed by atoms with Gasteiger partial charge in [-0.05, 0) is 31.2 Å². The number of nitro groups is 1. The first-order chi connectivity index (χ1) is 9.90. The topological polar surface area (TPSA) is 72.2 Å². The first kappa shape index (κ1) is 14.9. The molecule has 0 bridgehead atoms. The third-order valence-corrected chi connectivity index (χ3v) is 3.23. The zero-order valence-electron chi connectivity index (χ0n) is 10.9. The average Bonchev–Trinajstić information content (AvgIpc) is 2.43. The van der Waals surface area contributed by atoms with Gasteiger partial charge in [-0.2, -0.15) is 0 Å². The van der Waals surface area contributed by atoms with Gasteiger partial charge in [0.1, 0.15) is 10.8 Å². The summed E-state index contributed by atoms with van der Waals surface area (Å²) in [5.41, 5.74) is 0.498. The Bertz CT molecular complexity index is 734. The van der Waals surface area contributed by atoms with Crippen molar-refractivity contribution in [3.63, 3.8) is 0 Å². The molecule has 2 aromatic rings. The van der Waals surface area contributed by atoms with Crippen molar-refractivity contribution in [2.45, 2.75) is 6.92 Å². The number of anilines is 1. The zero-order valence-corrected chi connectivity index (χ0v) is 11.6. The molecule has 1 N–H and O–H groups in total. The monoisotopic (exact) mass is 308 g/mol. The molecule has 0 unspecified atom stereocenters. The van der Waals surface area contributed by atoms with Crippen molar-refractivity contribution in [2.75, 3.05) is 5.32 Å². The fourth-order valence-electron chi connectivity index (χ4n) is 1.73. The molecule has 2 aromatic carbocycles. The van der Waals surface area contributed by atoms with Crippen LogP contribution in [0.3, 0.4) is 0 Å². The van der Waals surface area contributed by atoms with E-state index in [1.54, 1.807) is 6.07 Å². The number of carbonyl (C=O) groups is 1. The summed E-state index contributed by atoms with van der Waals surface area (Å²) >= 11 is 5.75. The summed E-state index contributed by atoms with van der Waals surface area (Å²) < 4.78 is 13.4. The van der Waals surface area contributed by atoms with Crippen molar-refractivity contribution in [1.82, 2.24) is 0 Å². The summed E-state index contributed by atoms with van der Waals surface area (Å²) in [6, 6.07) is 7.95. The van der Waals surface area contributed by atoms with E-state index in [0.29, 0.717) is 11.3 Å². The minimum absolute atomic E-state index is 0.136. The van der Waals surface area contributed by atoms with E-state index in [-0.39, 0.29) is 16.3 Å². The molecule has 0 fully saturated rings. The summed E-state index contributed by atoms with van der Waals surface area (Å²) in [6.45, 7) is 1.54. The van der Waals surface area contributed by atoms with Crippen LogP contribution in [-0.2, 0) is 0 Å². The Kier molecular flexibility index (Phi) is 4.18. The van der Waals surface area contributed by atoms with Crippen LogP contribution in [0.1, 0.15) is 15.9 Å². The maximum absolute atomic E-state index is 13.4. The van der Waals surface area contributed by atoms with E-state index in [1.165, 1.54) is 31.2 Å². The number of rotatable bonds is 3.